The lowest BCUT2D eigenvalue weighted by Gasteiger charge is -2.31. The second-order valence-electron chi connectivity index (χ2n) is 7.08. The summed E-state index contributed by atoms with van der Waals surface area (Å²) in [5.74, 6) is 1.83. The van der Waals surface area contributed by atoms with Gasteiger partial charge in [-0.2, -0.15) is 0 Å². The maximum atomic E-state index is 10.5. The number of phenolic OH excluding ortho intramolecular Hbond substituents is 1. The van der Waals surface area contributed by atoms with Gasteiger partial charge in [-0.15, -0.1) is 0 Å². The van der Waals surface area contributed by atoms with Crippen LogP contribution in [0.2, 0.25) is 0 Å². The summed E-state index contributed by atoms with van der Waals surface area (Å²) < 4.78 is 11.8. The van der Waals surface area contributed by atoms with Gasteiger partial charge in [-0.3, -0.25) is 10.3 Å². The highest BCUT2D eigenvalue weighted by Gasteiger charge is 2.29. The van der Waals surface area contributed by atoms with Crippen LogP contribution in [-0.4, -0.2) is 25.0 Å². The molecule has 0 aliphatic carbocycles. The van der Waals surface area contributed by atoms with Crippen molar-refractivity contribution in [3.63, 3.8) is 0 Å². The predicted molar refractivity (Wildman–Crippen MR) is 122 cm³/mol. The molecule has 0 spiro atoms. The van der Waals surface area contributed by atoms with Crippen LogP contribution in [0, 0.1) is 0 Å². The fourth-order valence-electron chi connectivity index (χ4n) is 3.72. The Bertz CT molecular complexity index is 1070. The van der Waals surface area contributed by atoms with E-state index in [1.807, 2.05) is 60.7 Å². The van der Waals surface area contributed by atoms with Gasteiger partial charge in [-0.25, -0.2) is 0 Å². The summed E-state index contributed by atoms with van der Waals surface area (Å²) in [4.78, 5) is 5.01. The molecule has 3 aromatic carbocycles. The zero-order valence-electron chi connectivity index (χ0n) is 16.8. The number of nitrogens with zero attached hydrogens (tertiary/aromatic N) is 1. The molecule has 0 saturated heterocycles. The summed E-state index contributed by atoms with van der Waals surface area (Å²) in [5.41, 5.74) is 3.75. The number of ether oxygens (including phenoxy) is 2. The largest absolute Gasteiger partial charge is 0.508 e. The van der Waals surface area contributed by atoms with E-state index >= 15 is 0 Å². The third-order valence-electron chi connectivity index (χ3n) is 5.26. The lowest BCUT2D eigenvalue weighted by molar-refractivity contribution is 0.381. The van der Waals surface area contributed by atoms with E-state index in [9.17, 15) is 5.11 Å². The lowest BCUT2D eigenvalue weighted by atomic mass is 9.93. The lowest BCUT2D eigenvalue weighted by Crippen LogP contribution is -2.33. The first-order valence-corrected chi connectivity index (χ1v) is 10.5. The zero-order chi connectivity index (χ0) is 21.1. The monoisotopic (exact) mass is 466 g/mol. The average Bonchev–Trinajstić information content (AvgIpc) is 2.80. The van der Waals surface area contributed by atoms with Gasteiger partial charge in [0, 0.05) is 33.8 Å². The Morgan fingerprint density at radius 3 is 2.47 bits per heavy atom. The SMILES string of the molecule is COc1ccc(C2=N[C@H](c3ccccc3OC)N[C@@H](c3cc(Br)ccc3O)C2)cc1. The van der Waals surface area contributed by atoms with Crippen LogP contribution in [0.15, 0.2) is 76.2 Å². The first-order chi connectivity index (χ1) is 14.6. The maximum Gasteiger partial charge on any atom is 0.129 e. The van der Waals surface area contributed by atoms with Crippen molar-refractivity contribution in [3.8, 4) is 17.2 Å². The Kier molecular flexibility index (Phi) is 6.06. The van der Waals surface area contributed by atoms with Gasteiger partial charge in [0.05, 0.1) is 14.2 Å². The van der Waals surface area contributed by atoms with Crippen LogP contribution in [0.25, 0.3) is 0 Å². The molecular weight excluding hydrogens is 444 g/mol. The molecule has 0 radical (unpaired) electrons. The number of hydrogen-bond donors (Lipinski definition) is 2. The van der Waals surface area contributed by atoms with Crippen molar-refractivity contribution in [3.05, 3.63) is 87.9 Å². The summed E-state index contributed by atoms with van der Waals surface area (Å²) in [6.45, 7) is 0. The number of nitrogens with one attached hydrogen (secondary N) is 1. The number of rotatable bonds is 5. The van der Waals surface area contributed by atoms with Gasteiger partial charge in [-0.05, 0) is 54.1 Å². The van der Waals surface area contributed by atoms with Crippen LogP contribution < -0.4 is 14.8 Å². The second-order valence-corrected chi connectivity index (χ2v) is 7.99. The number of benzene rings is 3. The standard InChI is InChI=1S/C24H23BrN2O3/c1-29-17-10-7-15(8-11-17)20-14-21(19-13-16(25)9-12-22(19)28)27-24(26-20)18-5-3-4-6-23(18)30-2/h3-13,21,24,27-28H,14H2,1-2H3/t21-,24+/m1/s1. The van der Waals surface area contributed by atoms with Crippen molar-refractivity contribution >= 4 is 21.6 Å². The molecule has 0 amide bonds. The minimum absolute atomic E-state index is 0.119. The minimum atomic E-state index is -0.310. The van der Waals surface area contributed by atoms with Crippen molar-refractivity contribution in [2.24, 2.45) is 4.99 Å². The van der Waals surface area contributed by atoms with Crippen molar-refractivity contribution in [2.75, 3.05) is 14.2 Å². The van der Waals surface area contributed by atoms with Crippen LogP contribution in [0.5, 0.6) is 17.2 Å². The van der Waals surface area contributed by atoms with Gasteiger partial charge in [0.1, 0.15) is 23.4 Å². The first-order valence-electron chi connectivity index (χ1n) is 9.67. The topological polar surface area (TPSA) is 63.1 Å². The van der Waals surface area contributed by atoms with E-state index < -0.39 is 0 Å². The Labute approximate surface area is 184 Å². The number of aliphatic imine (C=N–C) groups is 1. The maximum absolute atomic E-state index is 10.5. The van der Waals surface area contributed by atoms with E-state index in [1.165, 1.54) is 0 Å². The molecule has 2 N–H and O–H groups in total. The molecule has 5 nitrogen and oxygen atoms in total. The third-order valence-corrected chi connectivity index (χ3v) is 5.76. The molecular formula is C24H23BrN2O3. The predicted octanol–water partition coefficient (Wildman–Crippen LogP) is 5.39. The van der Waals surface area contributed by atoms with E-state index in [2.05, 4.69) is 21.2 Å². The molecule has 1 heterocycles. The smallest absolute Gasteiger partial charge is 0.129 e. The first kappa shape index (κ1) is 20.4. The normalized spacial score (nSPS) is 18.6. The molecule has 3 aromatic rings. The van der Waals surface area contributed by atoms with E-state index in [-0.39, 0.29) is 18.0 Å². The van der Waals surface area contributed by atoms with Crippen molar-refractivity contribution in [1.29, 1.82) is 0 Å². The Morgan fingerprint density at radius 2 is 1.73 bits per heavy atom. The highest BCUT2D eigenvalue weighted by atomic mass is 79.9. The van der Waals surface area contributed by atoms with E-state index in [0.29, 0.717) is 6.42 Å². The van der Waals surface area contributed by atoms with Crippen LogP contribution >= 0.6 is 15.9 Å². The number of para-hydroxylation sites is 1. The number of methoxy groups -OCH3 is 2. The average molecular weight is 467 g/mol. The van der Waals surface area contributed by atoms with Gasteiger partial charge in [0.15, 0.2) is 0 Å². The highest BCUT2D eigenvalue weighted by Crippen LogP contribution is 2.37. The minimum Gasteiger partial charge on any atom is -0.508 e. The number of hydrogen-bond acceptors (Lipinski definition) is 5. The molecule has 1 aliphatic heterocycles. The van der Waals surface area contributed by atoms with Gasteiger partial charge >= 0.3 is 0 Å². The molecule has 2 atom stereocenters. The quantitative estimate of drug-likeness (QED) is 0.528. The molecule has 1 aliphatic rings. The van der Waals surface area contributed by atoms with E-state index in [1.54, 1.807) is 20.3 Å². The summed E-state index contributed by atoms with van der Waals surface area (Å²) in [6.07, 6.45) is 0.331. The van der Waals surface area contributed by atoms with Gasteiger partial charge in [0.25, 0.3) is 0 Å². The van der Waals surface area contributed by atoms with Crippen LogP contribution in [0.3, 0.4) is 0 Å². The summed E-state index contributed by atoms with van der Waals surface area (Å²) >= 11 is 3.52. The molecule has 6 heteroatoms. The number of aromatic hydroxyl groups is 1. The Hall–Kier alpha value is -2.83. The van der Waals surface area contributed by atoms with Crippen molar-refractivity contribution in [1.82, 2.24) is 5.32 Å². The molecule has 30 heavy (non-hydrogen) atoms. The Morgan fingerprint density at radius 1 is 0.967 bits per heavy atom. The van der Waals surface area contributed by atoms with Crippen molar-refractivity contribution < 1.29 is 14.6 Å². The molecule has 0 bridgehead atoms. The molecule has 0 unspecified atom stereocenters. The molecule has 0 aromatic heterocycles. The highest BCUT2D eigenvalue weighted by molar-refractivity contribution is 9.10. The summed E-state index contributed by atoms with van der Waals surface area (Å²) in [7, 11) is 3.31. The zero-order valence-corrected chi connectivity index (χ0v) is 18.4. The van der Waals surface area contributed by atoms with Crippen LogP contribution in [-0.2, 0) is 0 Å². The van der Waals surface area contributed by atoms with Gasteiger partial charge < -0.3 is 14.6 Å². The summed E-state index contributed by atoms with van der Waals surface area (Å²) in [5, 5.41) is 14.1. The fourth-order valence-corrected chi connectivity index (χ4v) is 4.10. The van der Waals surface area contributed by atoms with E-state index in [4.69, 9.17) is 14.5 Å². The molecule has 4 rings (SSSR count). The molecule has 0 saturated carbocycles. The van der Waals surface area contributed by atoms with Gasteiger partial charge in [0.2, 0.25) is 0 Å². The Balaban J connectivity index is 1.78. The molecule has 0 fully saturated rings. The van der Waals surface area contributed by atoms with Crippen molar-refractivity contribution in [2.45, 2.75) is 18.6 Å². The third kappa shape index (κ3) is 4.20. The number of phenols is 1. The fraction of sp³-hybridized carbons (Fsp3) is 0.208. The number of halogens is 1. The van der Waals surface area contributed by atoms with Crippen LogP contribution in [0.4, 0.5) is 0 Å². The van der Waals surface area contributed by atoms with E-state index in [0.717, 1.165) is 38.4 Å². The van der Waals surface area contributed by atoms with Gasteiger partial charge in [-0.1, -0.05) is 34.1 Å². The molecule has 154 valence electrons. The second kappa shape index (κ2) is 8.90. The summed E-state index contributed by atoms with van der Waals surface area (Å²) in [6, 6.07) is 21.1. The van der Waals surface area contributed by atoms with Crippen LogP contribution in [0.1, 0.15) is 35.3 Å².